The van der Waals surface area contributed by atoms with Crippen LogP contribution in [0, 0.1) is 0 Å². The first-order valence-electron chi connectivity index (χ1n) is 8.53. The fraction of sp³-hybridized carbons (Fsp3) is 0.100. The average molecular weight is 408 g/mol. The summed E-state index contributed by atoms with van der Waals surface area (Å²) in [7, 11) is 3.40. The first kappa shape index (κ1) is 20.0. The van der Waals surface area contributed by atoms with Crippen molar-refractivity contribution in [1.29, 1.82) is 0 Å². The van der Waals surface area contributed by atoms with Crippen molar-refractivity contribution in [3.63, 3.8) is 0 Å². The van der Waals surface area contributed by atoms with E-state index in [1.54, 1.807) is 38.4 Å². The quantitative estimate of drug-likeness (QED) is 0.220. The Morgan fingerprint density at radius 1 is 1.21 bits per heavy atom. The summed E-state index contributed by atoms with van der Waals surface area (Å²) >= 11 is 1.51. The fourth-order valence-corrected chi connectivity index (χ4v) is 3.13. The Morgan fingerprint density at radius 2 is 1.93 bits per heavy atom. The molecule has 0 radical (unpaired) electrons. The maximum absolute atomic E-state index is 12.0. The van der Waals surface area contributed by atoms with Crippen LogP contribution in [0.3, 0.4) is 0 Å². The lowest BCUT2D eigenvalue weighted by atomic mass is 10.1. The van der Waals surface area contributed by atoms with E-state index in [0.29, 0.717) is 17.0 Å². The second-order valence-corrected chi connectivity index (χ2v) is 7.02. The van der Waals surface area contributed by atoms with Gasteiger partial charge in [-0.2, -0.15) is 11.3 Å². The van der Waals surface area contributed by atoms with E-state index in [1.807, 2.05) is 16.8 Å². The number of aromatic nitrogens is 2. The van der Waals surface area contributed by atoms with Gasteiger partial charge in [-0.25, -0.2) is 9.97 Å². The second-order valence-electron chi connectivity index (χ2n) is 6.24. The van der Waals surface area contributed by atoms with Crippen LogP contribution in [0.4, 0.5) is 5.82 Å². The van der Waals surface area contributed by atoms with Crippen LogP contribution in [-0.4, -0.2) is 40.8 Å². The van der Waals surface area contributed by atoms with Crippen LogP contribution in [-0.2, 0) is 4.74 Å². The van der Waals surface area contributed by atoms with Gasteiger partial charge in [0, 0.05) is 36.2 Å². The molecule has 148 valence electrons. The molecule has 0 spiro atoms. The molecule has 29 heavy (non-hydrogen) atoms. The van der Waals surface area contributed by atoms with Crippen LogP contribution in [0.1, 0.15) is 21.6 Å². The molecule has 8 nitrogen and oxygen atoms in total. The molecule has 0 aliphatic heterocycles. The molecule has 0 aliphatic carbocycles. The number of nitrogens with zero attached hydrogens (tertiary/aromatic N) is 4. The Labute approximate surface area is 172 Å². The predicted molar refractivity (Wildman–Crippen MR) is 115 cm³/mol. The topological polar surface area (TPSA) is 120 Å². The maximum Gasteiger partial charge on any atom is 0.265 e. The molecule has 3 rings (SSSR count). The molecule has 4 N–H and O–H groups in total. The predicted octanol–water partition coefficient (Wildman–Crippen LogP) is 2.80. The Bertz CT molecular complexity index is 1060. The number of rotatable bonds is 5. The fourth-order valence-electron chi connectivity index (χ4n) is 2.47. The van der Waals surface area contributed by atoms with E-state index in [0.717, 1.165) is 11.1 Å². The van der Waals surface area contributed by atoms with Gasteiger partial charge in [-0.1, -0.05) is 18.7 Å². The smallest absolute Gasteiger partial charge is 0.265 e. The Hall–Kier alpha value is -3.72. The number of nitrogens with two attached hydrogens (primary N) is 2. The van der Waals surface area contributed by atoms with Gasteiger partial charge in [0.2, 0.25) is 0 Å². The lowest BCUT2D eigenvalue weighted by Gasteiger charge is -2.12. The highest BCUT2D eigenvalue weighted by atomic mass is 32.1. The van der Waals surface area contributed by atoms with Crippen LogP contribution in [0.25, 0.3) is 17.0 Å². The molecule has 0 atom stereocenters. The molecular weight excluding hydrogens is 388 g/mol. The first-order chi connectivity index (χ1) is 13.9. The number of anilines is 1. The average Bonchev–Trinajstić information content (AvgIpc) is 3.27. The standard InChI is InChI=1S/C20H20N6O2S/c1-12(15-8-9-29-11-15)28-19(25-22)17-18(21)23-10-16(24-17)13-4-6-14(7-5-13)20(27)26(2)3/h4-11H,1,22H2,2-3H3,(H2,21,23)/b25-19-. The van der Waals surface area contributed by atoms with E-state index in [9.17, 15) is 4.79 Å². The van der Waals surface area contributed by atoms with Crippen molar-refractivity contribution in [2.24, 2.45) is 10.9 Å². The number of amides is 1. The summed E-state index contributed by atoms with van der Waals surface area (Å²) in [5, 5.41) is 7.46. The zero-order valence-electron chi connectivity index (χ0n) is 16.0. The number of carbonyl (C=O) groups is 1. The van der Waals surface area contributed by atoms with Crippen LogP contribution in [0.2, 0.25) is 0 Å². The van der Waals surface area contributed by atoms with Crippen molar-refractivity contribution in [2.75, 3.05) is 19.8 Å². The summed E-state index contributed by atoms with van der Waals surface area (Å²) in [6.45, 7) is 3.88. The monoisotopic (exact) mass is 408 g/mol. The summed E-state index contributed by atoms with van der Waals surface area (Å²) in [6.07, 6.45) is 1.53. The number of hydrogen-bond acceptors (Lipinski definition) is 8. The summed E-state index contributed by atoms with van der Waals surface area (Å²) in [5.41, 5.74) is 8.83. The number of hydrazone groups is 1. The van der Waals surface area contributed by atoms with Gasteiger partial charge >= 0.3 is 0 Å². The van der Waals surface area contributed by atoms with Gasteiger partial charge in [-0.3, -0.25) is 4.79 Å². The van der Waals surface area contributed by atoms with Crippen molar-refractivity contribution in [2.45, 2.75) is 0 Å². The van der Waals surface area contributed by atoms with Gasteiger partial charge in [0.25, 0.3) is 11.8 Å². The van der Waals surface area contributed by atoms with E-state index in [2.05, 4.69) is 21.6 Å². The van der Waals surface area contributed by atoms with Crippen LogP contribution < -0.4 is 11.6 Å². The SMILES string of the molecule is C=C(O/C(=N\N)c1nc(-c2ccc(C(=O)N(C)C)cc2)cnc1N)c1ccsc1. The van der Waals surface area contributed by atoms with Crippen molar-refractivity contribution in [3.8, 4) is 11.3 Å². The van der Waals surface area contributed by atoms with Crippen molar-refractivity contribution >= 4 is 34.7 Å². The third-order valence-corrected chi connectivity index (χ3v) is 4.70. The van der Waals surface area contributed by atoms with Gasteiger partial charge in [0.05, 0.1) is 11.9 Å². The summed E-state index contributed by atoms with van der Waals surface area (Å²) in [4.78, 5) is 22.2. The van der Waals surface area contributed by atoms with Crippen LogP contribution in [0.5, 0.6) is 0 Å². The van der Waals surface area contributed by atoms with Crippen molar-refractivity contribution in [3.05, 3.63) is 70.7 Å². The number of thiophene rings is 1. The van der Waals surface area contributed by atoms with Gasteiger partial charge in [0.1, 0.15) is 5.76 Å². The number of benzene rings is 1. The molecule has 0 saturated heterocycles. The lowest BCUT2D eigenvalue weighted by Crippen LogP contribution is -2.21. The molecule has 1 amide bonds. The summed E-state index contributed by atoms with van der Waals surface area (Å²) in [5.74, 6) is 5.92. The van der Waals surface area contributed by atoms with Gasteiger partial charge < -0.3 is 21.2 Å². The minimum absolute atomic E-state index is 0.00690. The first-order valence-corrected chi connectivity index (χ1v) is 9.47. The van der Waals surface area contributed by atoms with E-state index in [1.165, 1.54) is 22.4 Å². The molecule has 2 heterocycles. The number of ether oxygens (including phenoxy) is 1. The molecular formula is C20H20N6O2S. The lowest BCUT2D eigenvalue weighted by molar-refractivity contribution is 0.0827. The summed E-state index contributed by atoms with van der Waals surface area (Å²) in [6, 6.07) is 8.88. The molecule has 9 heteroatoms. The zero-order chi connectivity index (χ0) is 21.0. The van der Waals surface area contributed by atoms with Crippen LogP contribution >= 0.6 is 11.3 Å². The van der Waals surface area contributed by atoms with E-state index in [4.69, 9.17) is 16.3 Å². The molecule has 1 aromatic carbocycles. The number of carbonyl (C=O) groups excluding carboxylic acids is 1. The second kappa shape index (κ2) is 8.53. The highest BCUT2D eigenvalue weighted by Gasteiger charge is 2.17. The highest BCUT2D eigenvalue weighted by Crippen LogP contribution is 2.23. The number of hydrogen-bond donors (Lipinski definition) is 2. The molecule has 3 aromatic rings. The van der Waals surface area contributed by atoms with Crippen molar-refractivity contribution in [1.82, 2.24) is 14.9 Å². The van der Waals surface area contributed by atoms with E-state index in [-0.39, 0.29) is 23.3 Å². The molecule has 0 bridgehead atoms. The molecule has 0 saturated carbocycles. The number of nitrogen functional groups attached to an aromatic ring is 1. The highest BCUT2D eigenvalue weighted by molar-refractivity contribution is 7.08. The van der Waals surface area contributed by atoms with Gasteiger partial charge in [-0.05, 0) is 23.6 Å². The Morgan fingerprint density at radius 3 is 2.52 bits per heavy atom. The minimum Gasteiger partial charge on any atom is -0.436 e. The molecule has 0 aliphatic rings. The Kier molecular flexibility index (Phi) is 5.89. The van der Waals surface area contributed by atoms with Gasteiger partial charge in [0.15, 0.2) is 11.5 Å². The van der Waals surface area contributed by atoms with E-state index < -0.39 is 0 Å². The summed E-state index contributed by atoms with van der Waals surface area (Å²) < 4.78 is 5.68. The van der Waals surface area contributed by atoms with Gasteiger partial charge in [-0.15, -0.1) is 5.10 Å². The largest absolute Gasteiger partial charge is 0.436 e. The zero-order valence-corrected chi connectivity index (χ0v) is 16.8. The maximum atomic E-state index is 12.0. The molecule has 2 aromatic heterocycles. The molecule has 0 fully saturated rings. The van der Waals surface area contributed by atoms with Crippen LogP contribution in [0.15, 0.2) is 59.0 Å². The van der Waals surface area contributed by atoms with E-state index >= 15 is 0 Å². The third-order valence-electron chi connectivity index (χ3n) is 4.02. The molecule has 0 unspecified atom stereocenters. The normalized spacial score (nSPS) is 11.2. The third kappa shape index (κ3) is 4.41. The Balaban J connectivity index is 1.89. The minimum atomic E-state index is -0.0847. The van der Waals surface area contributed by atoms with Crippen molar-refractivity contribution < 1.29 is 9.53 Å².